The quantitative estimate of drug-likeness (QED) is 0.613. The third-order valence-corrected chi connectivity index (χ3v) is 5.77. The van der Waals surface area contributed by atoms with Crippen molar-refractivity contribution in [1.82, 2.24) is 14.5 Å². The van der Waals surface area contributed by atoms with E-state index in [0.29, 0.717) is 27.9 Å². The Balaban J connectivity index is 1.75. The molecular weight excluding hydrogens is 398 g/mol. The minimum absolute atomic E-state index is 0.0867. The lowest BCUT2D eigenvalue weighted by atomic mass is 10.2. The molecule has 0 atom stereocenters. The van der Waals surface area contributed by atoms with Crippen molar-refractivity contribution in [3.05, 3.63) is 63.7 Å². The molecule has 0 saturated heterocycles. The number of nitrogens with zero attached hydrogens (tertiary/aromatic N) is 3. The van der Waals surface area contributed by atoms with Crippen LogP contribution in [0.25, 0.3) is 5.69 Å². The summed E-state index contributed by atoms with van der Waals surface area (Å²) >= 11 is 13.3. The van der Waals surface area contributed by atoms with Gasteiger partial charge in [0.2, 0.25) is 0 Å². The van der Waals surface area contributed by atoms with Crippen molar-refractivity contribution >= 4 is 46.6 Å². The van der Waals surface area contributed by atoms with E-state index in [4.69, 9.17) is 23.2 Å². The summed E-state index contributed by atoms with van der Waals surface area (Å²) < 4.78 is 15.6. The van der Waals surface area contributed by atoms with Gasteiger partial charge in [-0.15, -0.1) is 11.8 Å². The first kappa shape index (κ1) is 17.3. The zero-order valence-electron chi connectivity index (χ0n) is 13.4. The number of nitrogens with one attached hydrogen (secondary N) is 1. The normalized spacial score (nSPS) is 12.5. The Bertz CT molecular complexity index is 1050. The molecule has 132 valence electrons. The summed E-state index contributed by atoms with van der Waals surface area (Å²) in [5, 5.41) is 3.14. The maximum absolute atomic E-state index is 13.7. The standard InChI is InChI=1S/C17H11Cl2FN4OS/c1-8-22-15(17(25)23-9-4-5-21-13(18)6-9)12-7-26-16-11(24(8)12)3-2-10(20)14(16)19/h2-6H,7H2,1H3,(H,21,23,25). The summed E-state index contributed by atoms with van der Waals surface area (Å²) in [6, 6.07) is 6.16. The van der Waals surface area contributed by atoms with E-state index < -0.39 is 5.82 Å². The summed E-state index contributed by atoms with van der Waals surface area (Å²) in [5.74, 6) is 0.270. The van der Waals surface area contributed by atoms with Crippen molar-refractivity contribution in [3.8, 4) is 5.69 Å². The first-order valence-electron chi connectivity index (χ1n) is 7.58. The molecule has 0 aliphatic carbocycles. The summed E-state index contributed by atoms with van der Waals surface area (Å²) in [7, 11) is 0. The number of carbonyl (C=O) groups excluding carboxylic acids is 1. The minimum Gasteiger partial charge on any atom is -0.320 e. The smallest absolute Gasteiger partial charge is 0.276 e. The molecule has 1 aliphatic rings. The third-order valence-electron chi connectivity index (χ3n) is 3.96. The largest absolute Gasteiger partial charge is 0.320 e. The molecule has 1 aromatic carbocycles. The van der Waals surface area contributed by atoms with Crippen molar-refractivity contribution < 1.29 is 9.18 Å². The van der Waals surface area contributed by atoms with Crippen LogP contribution in [0.5, 0.6) is 0 Å². The van der Waals surface area contributed by atoms with E-state index in [9.17, 15) is 9.18 Å². The van der Waals surface area contributed by atoms with Gasteiger partial charge in [0.1, 0.15) is 16.8 Å². The fraction of sp³-hybridized carbons (Fsp3) is 0.118. The highest BCUT2D eigenvalue weighted by atomic mass is 35.5. The van der Waals surface area contributed by atoms with Gasteiger partial charge < -0.3 is 5.32 Å². The highest BCUT2D eigenvalue weighted by Gasteiger charge is 2.28. The zero-order chi connectivity index (χ0) is 18.4. The Hall–Kier alpha value is -2.09. The molecule has 0 saturated carbocycles. The van der Waals surface area contributed by atoms with Crippen molar-refractivity contribution in [2.75, 3.05) is 5.32 Å². The molecule has 2 aromatic heterocycles. The summed E-state index contributed by atoms with van der Waals surface area (Å²) in [6.45, 7) is 1.79. The molecule has 0 radical (unpaired) electrons. The summed E-state index contributed by atoms with van der Waals surface area (Å²) in [4.78, 5) is 21.6. The van der Waals surface area contributed by atoms with Gasteiger partial charge in [0.15, 0.2) is 5.69 Å². The number of hydrogen-bond acceptors (Lipinski definition) is 4. The zero-order valence-corrected chi connectivity index (χ0v) is 15.7. The van der Waals surface area contributed by atoms with Gasteiger partial charge in [-0.25, -0.2) is 14.4 Å². The first-order valence-corrected chi connectivity index (χ1v) is 9.32. The SMILES string of the molecule is Cc1nc(C(=O)Nc2ccnc(Cl)c2)c2n1-c1ccc(F)c(Cl)c1SC2. The van der Waals surface area contributed by atoms with Crippen LogP contribution in [0, 0.1) is 12.7 Å². The van der Waals surface area contributed by atoms with Gasteiger partial charge in [-0.2, -0.15) is 0 Å². The summed E-state index contributed by atoms with van der Waals surface area (Å²) in [6.07, 6.45) is 1.51. The molecule has 1 amide bonds. The van der Waals surface area contributed by atoms with Crippen molar-refractivity contribution in [1.29, 1.82) is 0 Å². The molecule has 3 heterocycles. The molecular formula is C17H11Cl2FN4OS. The van der Waals surface area contributed by atoms with E-state index in [-0.39, 0.29) is 16.1 Å². The molecule has 0 unspecified atom stereocenters. The van der Waals surface area contributed by atoms with Gasteiger partial charge in [0, 0.05) is 17.6 Å². The van der Waals surface area contributed by atoms with E-state index in [1.165, 1.54) is 24.0 Å². The topological polar surface area (TPSA) is 59.8 Å². The molecule has 4 rings (SSSR count). The predicted molar refractivity (Wildman–Crippen MR) is 100 cm³/mol. The second-order valence-electron chi connectivity index (χ2n) is 5.61. The number of fused-ring (bicyclic) bond motifs is 3. The number of anilines is 1. The number of carbonyl (C=O) groups is 1. The lowest BCUT2D eigenvalue weighted by Gasteiger charge is -2.21. The first-order chi connectivity index (χ1) is 12.5. The molecule has 0 spiro atoms. The average molecular weight is 409 g/mol. The number of hydrogen-bond donors (Lipinski definition) is 1. The number of amides is 1. The minimum atomic E-state index is -0.466. The Morgan fingerprint density at radius 1 is 1.35 bits per heavy atom. The van der Waals surface area contributed by atoms with Crippen LogP contribution >= 0.6 is 35.0 Å². The highest BCUT2D eigenvalue weighted by molar-refractivity contribution is 7.98. The van der Waals surface area contributed by atoms with Gasteiger partial charge in [0.25, 0.3) is 5.91 Å². The fourth-order valence-corrected chi connectivity index (χ4v) is 4.43. The van der Waals surface area contributed by atoms with Crippen LogP contribution in [0.4, 0.5) is 10.1 Å². The fourth-order valence-electron chi connectivity index (χ4n) is 2.86. The van der Waals surface area contributed by atoms with Crippen LogP contribution in [0.2, 0.25) is 10.2 Å². The van der Waals surface area contributed by atoms with E-state index in [2.05, 4.69) is 15.3 Å². The van der Waals surface area contributed by atoms with E-state index in [1.807, 2.05) is 4.57 Å². The second kappa shape index (κ2) is 6.57. The summed E-state index contributed by atoms with van der Waals surface area (Å²) in [5.41, 5.74) is 2.30. The van der Waals surface area contributed by atoms with Crippen LogP contribution in [-0.4, -0.2) is 20.4 Å². The van der Waals surface area contributed by atoms with Gasteiger partial charge in [-0.3, -0.25) is 9.36 Å². The van der Waals surface area contributed by atoms with Crippen LogP contribution < -0.4 is 5.32 Å². The molecule has 0 fully saturated rings. The number of thioether (sulfide) groups is 1. The molecule has 3 aromatic rings. The van der Waals surface area contributed by atoms with Crippen molar-refractivity contribution in [3.63, 3.8) is 0 Å². The lowest BCUT2D eigenvalue weighted by molar-refractivity contribution is 0.102. The van der Waals surface area contributed by atoms with Gasteiger partial charge in [-0.05, 0) is 31.2 Å². The van der Waals surface area contributed by atoms with Crippen LogP contribution in [0.15, 0.2) is 35.4 Å². The molecule has 26 heavy (non-hydrogen) atoms. The number of aromatic nitrogens is 3. The van der Waals surface area contributed by atoms with E-state index >= 15 is 0 Å². The number of halogens is 3. The number of rotatable bonds is 2. The van der Waals surface area contributed by atoms with Crippen LogP contribution in [0.3, 0.4) is 0 Å². The molecule has 5 nitrogen and oxygen atoms in total. The molecule has 1 aliphatic heterocycles. The van der Waals surface area contributed by atoms with Gasteiger partial charge in [0.05, 0.1) is 21.3 Å². The Morgan fingerprint density at radius 3 is 2.92 bits per heavy atom. The molecule has 0 bridgehead atoms. The lowest BCUT2D eigenvalue weighted by Crippen LogP contribution is -2.16. The average Bonchev–Trinajstić information content (AvgIpc) is 2.95. The van der Waals surface area contributed by atoms with Crippen molar-refractivity contribution in [2.45, 2.75) is 17.6 Å². The third kappa shape index (κ3) is 2.86. The maximum atomic E-state index is 13.7. The van der Waals surface area contributed by atoms with Gasteiger partial charge in [-0.1, -0.05) is 23.2 Å². The van der Waals surface area contributed by atoms with Gasteiger partial charge >= 0.3 is 0 Å². The highest BCUT2D eigenvalue weighted by Crippen LogP contribution is 2.42. The molecule has 9 heteroatoms. The molecule has 1 N–H and O–H groups in total. The Kier molecular flexibility index (Phi) is 4.38. The van der Waals surface area contributed by atoms with E-state index in [0.717, 1.165) is 11.4 Å². The maximum Gasteiger partial charge on any atom is 0.276 e. The monoisotopic (exact) mass is 408 g/mol. The predicted octanol–water partition coefficient (Wildman–Crippen LogP) is 4.88. The second-order valence-corrected chi connectivity index (χ2v) is 7.36. The Labute approximate surface area is 162 Å². The number of pyridine rings is 1. The van der Waals surface area contributed by atoms with Crippen LogP contribution in [-0.2, 0) is 5.75 Å². The van der Waals surface area contributed by atoms with E-state index in [1.54, 1.807) is 25.1 Å². The van der Waals surface area contributed by atoms with Crippen molar-refractivity contribution in [2.24, 2.45) is 0 Å². The number of benzene rings is 1. The number of aryl methyl sites for hydroxylation is 1. The van der Waals surface area contributed by atoms with Crippen LogP contribution in [0.1, 0.15) is 22.0 Å². The Morgan fingerprint density at radius 2 is 2.15 bits per heavy atom. The number of imidazole rings is 1.